The SMILES string of the molecule is COc1cc(CBr)cc(Br)c1OCc1cc(Br)cs1. The summed E-state index contributed by atoms with van der Waals surface area (Å²) in [6.45, 7) is 0.527. The van der Waals surface area contributed by atoms with Crippen molar-refractivity contribution < 1.29 is 9.47 Å². The van der Waals surface area contributed by atoms with Gasteiger partial charge in [0.2, 0.25) is 0 Å². The zero-order valence-corrected chi connectivity index (χ0v) is 15.7. The van der Waals surface area contributed by atoms with Gasteiger partial charge in [0.15, 0.2) is 11.5 Å². The summed E-state index contributed by atoms with van der Waals surface area (Å²) >= 11 is 12.1. The molecule has 0 bridgehead atoms. The highest BCUT2D eigenvalue weighted by Gasteiger charge is 2.12. The number of hydrogen-bond acceptors (Lipinski definition) is 3. The predicted octanol–water partition coefficient (Wildman–Crippen LogP) is 5.76. The van der Waals surface area contributed by atoms with Crippen molar-refractivity contribution in [3.05, 3.63) is 43.0 Å². The van der Waals surface area contributed by atoms with Crippen LogP contribution >= 0.6 is 59.1 Å². The van der Waals surface area contributed by atoms with Crippen molar-refractivity contribution in [1.82, 2.24) is 0 Å². The number of methoxy groups -OCH3 is 1. The first-order valence-electron chi connectivity index (χ1n) is 5.42. The van der Waals surface area contributed by atoms with Gasteiger partial charge in [-0.05, 0) is 55.6 Å². The highest BCUT2D eigenvalue weighted by molar-refractivity contribution is 9.11. The molecule has 0 aliphatic heterocycles. The van der Waals surface area contributed by atoms with Crippen LogP contribution in [-0.4, -0.2) is 7.11 Å². The fourth-order valence-corrected chi connectivity index (χ4v) is 3.85. The van der Waals surface area contributed by atoms with Crippen LogP contribution in [0.4, 0.5) is 0 Å². The van der Waals surface area contributed by atoms with Crippen LogP contribution in [0.1, 0.15) is 10.4 Å². The maximum absolute atomic E-state index is 5.86. The first kappa shape index (κ1) is 15.4. The Kier molecular flexibility index (Phi) is 5.74. The molecule has 0 N–H and O–H groups in total. The molecule has 0 aliphatic carbocycles. The molecule has 6 heteroatoms. The minimum Gasteiger partial charge on any atom is -0.493 e. The van der Waals surface area contributed by atoms with E-state index in [-0.39, 0.29) is 0 Å². The Morgan fingerprint density at radius 1 is 1.21 bits per heavy atom. The number of halogens is 3. The number of benzene rings is 1. The normalized spacial score (nSPS) is 10.5. The average Bonchev–Trinajstić information content (AvgIpc) is 2.82. The van der Waals surface area contributed by atoms with Crippen LogP contribution in [0, 0.1) is 0 Å². The van der Waals surface area contributed by atoms with Crippen LogP contribution in [-0.2, 0) is 11.9 Å². The molecule has 0 amide bonds. The molecule has 0 unspecified atom stereocenters. The lowest BCUT2D eigenvalue weighted by Gasteiger charge is -2.13. The van der Waals surface area contributed by atoms with Crippen molar-refractivity contribution >= 4 is 59.1 Å². The second kappa shape index (κ2) is 7.11. The van der Waals surface area contributed by atoms with Gasteiger partial charge in [-0.1, -0.05) is 15.9 Å². The van der Waals surface area contributed by atoms with E-state index in [0.717, 1.165) is 36.2 Å². The van der Waals surface area contributed by atoms with E-state index in [0.29, 0.717) is 6.61 Å². The van der Waals surface area contributed by atoms with Crippen LogP contribution in [0.15, 0.2) is 32.5 Å². The molecule has 1 aromatic heterocycles. The van der Waals surface area contributed by atoms with Crippen molar-refractivity contribution in [2.75, 3.05) is 7.11 Å². The van der Waals surface area contributed by atoms with Gasteiger partial charge in [0.05, 0.1) is 11.6 Å². The lowest BCUT2D eigenvalue weighted by molar-refractivity contribution is 0.285. The summed E-state index contributed by atoms with van der Waals surface area (Å²) in [7, 11) is 1.65. The van der Waals surface area contributed by atoms with Gasteiger partial charge in [-0.2, -0.15) is 0 Å². The monoisotopic (exact) mass is 468 g/mol. The highest BCUT2D eigenvalue weighted by atomic mass is 79.9. The fourth-order valence-electron chi connectivity index (χ4n) is 1.56. The summed E-state index contributed by atoms with van der Waals surface area (Å²) in [5, 5.41) is 2.82. The predicted molar refractivity (Wildman–Crippen MR) is 89.7 cm³/mol. The molecule has 2 aromatic rings. The van der Waals surface area contributed by atoms with E-state index in [4.69, 9.17) is 9.47 Å². The van der Waals surface area contributed by atoms with Gasteiger partial charge in [-0.3, -0.25) is 0 Å². The zero-order valence-electron chi connectivity index (χ0n) is 10.1. The lowest BCUT2D eigenvalue weighted by atomic mass is 10.2. The second-order valence-electron chi connectivity index (χ2n) is 3.76. The van der Waals surface area contributed by atoms with Crippen molar-refractivity contribution in [3.63, 3.8) is 0 Å². The van der Waals surface area contributed by atoms with Gasteiger partial charge in [-0.25, -0.2) is 0 Å². The quantitative estimate of drug-likeness (QED) is 0.517. The van der Waals surface area contributed by atoms with Crippen LogP contribution in [0.3, 0.4) is 0 Å². The molecule has 2 nitrogen and oxygen atoms in total. The van der Waals surface area contributed by atoms with E-state index in [1.54, 1.807) is 18.4 Å². The summed E-state index contributed by atoms with van der Waals surface area (Å²) < 4.78 is 13.2. The van der Waals surface area contributed by atoms with Crippen molar-refractivity contribution in [2.24, 2.45) is 0 Å². The number of thiophene rings is 1. The Labute approximate surface area is 141 Å². The van der Waals surface area contributed by atoms with Crippen LogP contribution in [0.2, 0.25) is 0 Å². The fraction of sp³-hybridized carbons (Fsp3) is 0.231. The van der Waals surface area contributed by atoms with E-state index in [1.807, 2.05) is 17.5 Å². The van der Waals surface area contributed by atoms with Crippen molar-refractivity contribution in [1.29, 1.82) is 0 Å². The van der Waals surface area contributed by atoms with Gasteiger partial charge < -0.3 is 9.47 Å². The van der Waals surface area contributed by atoms with Gasteiger partial charge >= 0.3 is 0 Å². The zero-order chi connectivity index (χ0) is 13.8. The smallest absolute Gasteiger partial charge is 0.175 e. The maximum Gasteiger partial charge on any atom is 0.175 e. The maximum atomic E-state index is 5.86. The molecule has 1 aromatic carbocycles. The molecule has 0 saturated heterocycles. The Hall–Kier alpha value is -0.0400. The Balaban J connectivity index is 2.19. The van der Waals surface area contributed by atoms with Gasteiger partial charge in [0, 0.05) is 20.1 Å². The Morgan fingerprint density at radius 2 is 2.00 bits per heavy atom. The van der Waals surface area contributed by atoms with Crippen LogP contribution in [0.25, 0.3) is 0 Å². The summed E-state index contributed by atoms with van der Waals surface area (Å²) in [4.78, 5) is 1.16. The third-order valence-corrected chi connectivity index (χ3v) is 5.33. The second-order valence-corrected chi connectivity index (χ2v) is 7.09. The van der Waals surface area contributed by atoms with E-state index < -0.39 is 0 Å². The van der Waals surface area contributed by atoms with E-state index in [1.165, 1.54) is 0 Å². The van der Waals surface area contributed by atoms with E-state index in [2.05, 4.69) is 53.9 Å². The summed E-state index contributed by atoms with van der Waals surface area (Å²) in [6, 6.07) is 6.05. The largest absolute Gasteiger partial charge is 0.493 e. The van der Waals surface area contributed by atoms with Gasteiger partial charge in [-0.15, -0.1) is 11.3 Å². The first-order valence-corrected chi connectivity index (χ1v) is 9.01. The lowest BCUT2D eigenvalue weighted by Crippen LogP contribution is -1.98. The molecular formula is C13H11Br3O2S. The van der Waals surface area contributed by atoms with Crippen molar-refractivity contribution in [2.45, 2.75) is 11.9 Å². The molecule has 0 radical (unpaired) electrons. The highest BCUT2D eigenvalue weighted by Crippen LogP contribution is 2.38. The molecule has 0 spiro atoms. The minimum atomic E-state index is 0.527. The van der Waals surface area contributed by atoms with Crippen LogP contribution < -0.4 is 9.47 Å². The number of hydrogen-bond donors (Lipinski definition) is 0. The number of rotatable bonds is 5. The van der Waals surface area contributed by atoms with Crippen LogP contribution in [0.5, 0.6) is 11.5 Å². The molecule has 0 saturated carbocycles. The third kappa shape index (κ3) is 3.97. The standard InChI is InChI=1S/C13H11Br3O2S/c1-17-12-3-8(5-14)2-11(16)13(12)18-6-10-4-9(15)7-19-10/h2-4,7H,5-6H2,1H3. The topological polar surface area (TPSA) is 18.5 Å². The summed E-state index contributed by atoms with van der Waals surface area (Å²) in [6.07, 6.45) is 0. The molecule has 1 heterocycles. The Morgan fingerprint density at radius 3 is 2.58 bits per heavy atom. The molecule has 0 fully saturated rings. The molecule has 0 aliphatic rings. The van der Waals surface area contributed by atoms with Gasteiger partial charge in [0.25, 0.3) is 0 Å². The molecular weight excluding hydrogens is 460 g/mol. The van der Waals surface area contributed by atoms with Crippen molar-refractivity contribution in [3.8, 4) is 11.5 Å². The van der Waals surface area contributed by atoms with E-state index >= 15 is 0 Å². The molecule has 19 heavy (non-hydrogen) atoms. The first-order chi connectivity index (χ1) is 9.13. The molecule has 102 valence electrons. The average molecular weight is 471 g/mol. The third-order valence-electron chi connectivity index (χ3n) is 2.42. The van der Waals surface area contributed by atoms with E-state index in [9.17, 15) is 0 Å². The molecule has 2 rings (SSSR count). The minimum absolute atomic E-state index is 0.527. The summed E-state index contributed by atoms with van der Waals surface area (Å²) in [5.41, 5.74) is 1.13. The van der Waals surface area contributed by atoms with Gasteiger partial charge in [0.1, 0.15) is 6.61 Å². The summed E-state index contributed by atoms with van der Waals surface area (Å²) in [5.74, 6) is 1.47. The Bertz CT molecular complexity index is 569. The molecule has 0 atom stereocenters. The number of ether oxygens (including phenoxy) is 2. The number of alkyl halides is 1.